The highest BCUT2D eigenvalue weighted by Gasteiger charge is 2.28. The van der Waals surface area contributed by atoms with Crippen LogP contribution < -0.4 is 10.6 Å². The van der Waals surface area contributed by atoms with Crippen LogP contribution >= 0.6 is 0 Å². The van der Waals surface area contributed by atoms with E-state index in [1.807, 2.05) is 17.3 Å². The minimum atomic E-state index is 0.0884. The maximum atomic E-state index is 12.1. The standard InChI is InChI=1S/C24H36N8O2/c1-30-11-6-20(7-12-30)32-16-19(14-27-32)28-24-26-15-21(18-4-5-18)23(29-24)25-8-2-9-31-10-3-13-34-17-22(31)33/h14-16,18,20H,2-13,17H2,1H3,(H2,25,26,28,29). The number of likely N-dealkylation sites (tertiary alicyclic amines) is 1. The van der Waals surface area contributed by atoms with Gasteiger partial charge in [-0.1, -0.05) is 0 Å². The molecule has 2 saturated heterocycles. The molecule has 0 radical (unpaired) electrons. The van der Waals surface area contributed by atoms with Crippen molar-refractivity contribution < 1.29 is 9.53 Å². The fourth-order valence-electron chi connectivity index (χ4n) is 4.72. The molecular weight excluding hydrogens is 432 g/mol. The van der Waals surface area contributed by atoms with Crippen molar-refractivity contribution in [3.05, 3.63) is 24.2 Å². The molecule has 10 heteroatoms. The Morgan fingerprint density at radius 1 is 1.15 bits per heavy atom. The van der Waals surface area contributed by atoms with E-state index in [0.29, 0.717) is 24.5 Å². The van der Waals surface area contributed by atoms with Gasteiger partial charge in [0.15, 0.2) is 0 Å². The van der Waals surface area contributed by atoms with Crippen molar-refractivity contribution in [3.8, 4) is 0 Å². The Kier molecular flexibility index (Phi) is 7.24. The second-order valence-electron chi connectivity index (χ2n) is 9.71. The first-order valence-electron chi connectivity index (χ1n) is 12.6. The molecule has 2 aliphatic heterocycles. The normalized spacial score (nSPS) is 20.4. The Labute approximate surface area is 201 Å². The van der Waals surface area contributed by atoms with Gasteiger partial charge in [-0.25, -0.2) is 4.98 Å². The highest BCUT2D eigenvalue weighted by atomic mass is 16.5. The lowest BCUT2D eigenvalue weighted by Crippen LogP contribution is -2.34. The molecule has 0 unspecified atom stereocenters. The molecule has 5 rings (SSSR count). The summed E-state index contributed by atoms with van der Waals surface area (Å²) in [6.45, 7) is 5.35. The first-order valence-corrected chi connectivity index (χ1v) is 12.6. The van der Waals surface area contributed by atoms with Crippen LogP contribution in [0, 0.1) is 0 Å². The molecular formula is C24H36N8O2. The molecule has 2 N–H and O–H groups in total. The largest absolute Gasteiger partial charge is 0.372 e. The van der Waals surface area contributed by atoms with E-state index >= 15 is 0 Å². The van der Waals surface area contributed by atoms with Crippen LogP contribution in [0.1, 0.15) is 56.0 Å². The van der Waals surface area contributed by atoms with Gasteiger partial charge in [0.25, 0.3) is 0 Å². The summed E-state index contributed by atoms with van der Waals surface area (Å²) < 4.78 is 7.40. The summed E-state index contributed by atoms with van der Waals surface area (Å²) in [4.78, 5) is 25.8. The Balaban J connectivity index is 1.18. The van der Waals surface area contributed by atoms with Crippen molar-refractivity contribution >= 4 is 23.4 Å². The lowest BCUT2D eigenvalue weighted by Gasteiger charge is -2.28. The summed E-state index contributed by atoms with van der Waals surface area (Å²) in [5.74, 6) is 2.11. The average molecular weight is 469 g/mol. The van der Waals surface area contributed by atoms with E-state index in [2.05, 4.69) is 43.5 Å². The molecule has 10 nitrogen and oxygen atoms in total. The number of hydrogen-bond donors (Lipinski definition) is 2. The highest BCUT2D eigenvalue weighted by molar-refractivity contribution is 5.77. The number of ether oxygens (including phenoxy) is 1. The van der Waals surface area contributed by atoms with E-state index in [4.69, 9.17) is 9.72 Å². The Bertz CT molecular complexity index is 968. The van der Waals surface area contributed by atoms with Crippen LogP contribution in [-0.2, 0) is 9.53 Å². The molecule has 0 bridgehead atoms. The zero-order valence-corrected chi connectivity index (χ0v) is 20.1. The number of piperidine rings is 1. The first-order chi connectivity index (χ1) is 16.7. The van der Waals surface area contributed by atoms with Crippen molar-refractivity contribution in [1.82, 2.24) is 29.5 Å². The van der Waals surface area contributed by atoms with Gasteiger partial charge in [0.2, 0.25) is 11.9 Å². The summed E-state index contributed by atoms with van der Waals surface area (Å²) in [5.41, 5.74) is 2.10. The van der Waals surface area contributed by atoms with Crippen molar-refractivity contribution in [3.63, 3.8) is 0 Å². The second kappa shape index (κ2) is 10.7. The lowest BCUT2D eigenvalue weighted by molar-refractivity contribution is -0.133. The van der Waals surface area contributed by atoms with Crippen molar-refractivity contribution in [2.45, 2.75) is 50.5 Å². The molecule has 0 atom stereocenters. The quantitative estimate of drug-likeness (QED) is 0.542. The number of aromatic nitrogens is 4. The minimum absolute atomic E-state index is 0.0884. The van der Waals surface area contributed by atoms with Crippen LogP contribution in [0.25, 0.3) is 0 Å². The molecule has 2 aromatic heterocycles. The summed E-state index contributed by atoms with van der Waals surface area (Å²) in [6.07, 6.45) is 12.3. The number of nitrogens with one attached hydrogen (secondary N) is 2. The SMILES string of the molecule is CN1CCC(n2cc(Nc3ncc(C4CC4)c(NCCCN4CCCOCC4=O)n3)cn2)CC1. The third-order valence-corrected chi connectivity index (χ3v) is 6.95. The molecule has 3 aliphatic rings. The van der Waals surface area contributed by atoms with Gasteiger partial charge in [-0.05, 0) is 64.6 Å². The number of anilines is 3. The van der Waals surface area contributed by atoms with Crippen molar-refractivity contribution in [2.75, 3.05) is 63.6 Å². The van der Waals surface area contributed by atoms with E-state index in [-0.39, 0.29) is 12.5 Å². The third-order valence-electron chi connectivity index (χ3n) is 6.95. The number of carbonyl (C=O) groups is 1. The molecule has 184 valence electrons. The molecule has 1 saturated carbocycles. The molecule has 3 fully saturated rings. The maximum absolute atomic E-state index is 12.1. The van der Waals surface area contributed by atoms with Crippen molar-refractivity contribution in [2.24, 2.45) is 0 Å². The van der Waals surface area contributed by atoms with E-state index in [0.717, 1.165) is 69.9 Å². The van der Waals surface area contributed by atoms with E-state index in [1.165, 1.54) is 18.4 Å². The van der Waals surface area contributed by atoms with Gasteiger partial charge in [-0.15, -0.1) is 0 Å². The molecule has 1 aliphatic carbocycles. The smallest absolute Gasteiger partial charge is 0.248 e. The van der Waals surface area contributed by atoms with Gasteiger partial charge >= 0.3 is 0 Å². The molecule has 1 amide bonds. The maximum Gasteiger partial charge on any atom is 0.248 e. The van der Waals surface area contributed by atoms with Crippen LogP contribution in [0.5, 0.6) is 0 Å². The van der Waals surface area contributed by atoms with Crippen LogP contribution in [0.15, 0.2) is 18.6 Å². The summed E-state index contributed by atoms with van der Waals surface area (Å²) in [6, 6.07) is 0.449. The topological polar surface area (TPSA) is 100 Å². The highest BCUT2D eigenvalue weighted by Crippen LogP contribution is 2.42. The van der Waals surface area contributed by atoms with Gasteiger partial charge < -0.3 is 25.2 Å². The number of nitrogens with zero attached hydrogens (tertiary/aromatic N) is 6. The van der Waals surface area contributed by atoms with E-state index < -0.39 is 0 Å². The summed E-state index contributed by atoms with van der Waals surface area (Å²) in [5, 5.41) is 11.4. The van der Waals surface area contributed by atoms with Gasteiger partial charge in [0, 0.05) is 44.2 Å². The van der Waals surface area contributed by atoms with Gasteiger partial charge in [0.05, 0.1) is 17.9 Å². The fourth-order valence-corrected chi connectivity index (χ4v) is 4.72. The molecule has 2 aromatic rings. The van der Waals surface area contributed by atoms with Crippen LogP contribution in [0.2, 0.25) is 0 Å². The summed E-state index contributed by atoms with van der Waals surface area (Å²) in [7, 11) is 2.17. The van der Waals surface area contributed by atoms with Gasteiger partial charge in [-0.3, -0.25) is 9.48 Å². The Morgan fingerprint density at radius 2 is 2.00 bits per heavy atom. The number of hydrogen-bond acceptors (Lipinski definition) is 8. The predicted octanol–water partition coefficient (Wildman–Crippen LogP) is 2.61. The Hall–Kier alpha value is -2.72. The molecule has 34 heavy (non-hydrogen) atoms. The predicted molar refractivity (Wildman–Crippen MR) is 130 cm³/mol. The second-order valence-corrected chi connectivity index (χ2v) is 9.71. The number of carbonyl (C=O) groups excluding carboxylic acids is 1. The monoisotopic (exact) mass is 468 g/mol. The average Bonchev–Trinajstić information content (AvgIpc) is 3.62. The number of rotatable bonds is 9. The first kappa shape index (κ1) is 23.0. The van der Waals surface area contributed by atoms with Gasteiger partial charge in [0.1, 0.15) is 12.4 Å². The van der Waals surface area contributed by atoms with Crippen LogP contribution in [-0.4, -0.2) is 88.4 Å². The Morgan fingerprint density at radius 3 is 2.82 bits per heavy atom. The molecule has 0 spiro atoms. The summed E-state index contributed by atoms with van der Waals surface area (Å²) >= 11 is 0. The molecule has 0 aromatic carbocycles. The third kappa shape index (κ3) is 5.85. The van der Waals surface area contributed by atoms with E-state index in [9.17, 15) is 4.79 Å². The van der Waals surface area contributed by atoms with Crippen LogP contribution in [0.3, 0.4) is 0 Å². The zero-order chi connectivity index (χ0) is 23.3. The zero-order valence-electron chi connectivity index (χ0n) is 20.1. The lowest BCUT2D eigenvalue weighted by atomic mass is 10.1. The number of amides is 1. The fraction of sp³-hybridized carbons (Fsp3) is 0.667. The van der Waals surface area contributed by atoms with Crippen molar-refractivity contribution in [1.29, 1.82) is 0 Å². The van der Waals surface area contributed by atoms with Gasteiger partial charge in [-0.2, -0.15) is 10.1 Å². The molecule has 4 heterocycles. The van der Waals surface area contributed by atoms with E-state index in [1.54, 1.807) is 0 Å². The van der Waals surface area contributed by atoms with Crippen LogP contribution in [0.4, 0.5) is 17.5 Å². The minimum Gasteiger partial charge on any atom is -0.372 e.